The molecule has 5 nitrogen and oxygen atoms in total. The summed E-state index contributed by atoms with van der Waals surface area (Å²) in [4.78, 5) is 14.9. The average molecular weight is 251 g/mol. The van der Waals surface area contributed by atoms with Crippen molar-refractivity contribution in [2.75, 3.05) is 11.1 Å². The summed E-state index contributed by atoms with van der Waals surface area (Å²) in [6, 6.07) is 1.43. The van der Waals surface area contributed by atoms with Gasteiger partial charge in [0.2, 0.25) is 0 Å². The van der Waals surface area contributed by atoms with E-state index >= 15 is 0 Å². The normalized spacial score (nSPS) is 11.3. The quantitative estimate of drug-likeness (QED) is 0.723. The van der Waals surface area contributed by atoms with Gasteiger partial charge in [0.15, 0.2) is 0 Å². The molecule has 0 aromatic carbocycles. The number of pyridine rings is 1. The third kappa shape index (κ3) is 2.91. The fraction of sp³-hybridized carbons (Fsp3) is 0.538. The number of rotatable bonds is 6. The number of nitrogens with one attached hydrogen (secondary N) is 1. The number of hydrogen-bond acceptors (Lipinski definition) is 4. The first-order valence-corrected chi connectivity index (χ1v) is 6.25. The summed E-state index contributed by atoms with van der Waals surface area (Å²) in [5.74, 6) is -0.459. The van der Waals surface area contributed by atoms with Gasteiger partial charge in [-0.05, 0) is 25.3 Å². The topological polar surface area (TPSA) is 88.2 Å². The molecule has 0 spiro atoms. The van der Waals surface area contributed by atoms with Crippen LogP contribution < -0.4 is 11.1 Å². The van der Waals surface area contributed by atoms with Crippen molar-refractivity contribution in [1.29, 1.82) is 0 Å². The molecule has 0 fully saturated rings. The summed E-state index contributed by atoms with van der Waals surface area (Å²) in [6.07, 6.45) is 4.21. The molecule has 0 aliphatic rings. The Morgan fingerprint density at radius 1 is 1.39 bits per heavy atom. The highest BCUT2D eigenvalue weighted by atomic mass is 16.4. The first kappa shape index (κ1) is 14.3. The standard InChI is InChI=1S/C13H21N3O2/c1-4-13(5-2,6-3)16-11-10(14)7-9(8-15-11)12(17)18/h7-8H,4-6,14H2,1-3H3,(H,15,16)(H,17,18). The van der Waals surface area contributed by atoms with Crippen molar-refractivity contribution in [3.63, 3.8) is 0 Å². The van der Waals surface area contributed by atoms with Gasteiger partial charge in [0.05, 0.1) is 11.3 Å². The number of nitrogens with zero attached hydrogens (tertiary/aromatic N) is 1. The zero-order valence-corrected chi connectivity index (χ0v) is 11.2. The van der Waals surface area contributed by atoms with E-state index in [4.69, 9.17) is 10.8 Å². The Balaban J connectivity index is 3.01. The first-order valence-electron chi connectivity index (χ1n) is 6.25. The number of hydrogen-bond donors (Lipinski definition) is 3. The predicted molar refractivity (Wildman–Crippen MR) is 72.8 cm³/mol. The molecule has 1 aromatic rings. The molecule has 0 aliphatic heterocycles. The second kappa shape index (κ2) is 5.71. The number of anilines is 2. The van der Waals surface area contributed by atoms with Crippen LogP contribution in [0.1, 0.15) is 50.4 Å². The molecular formula is C13H21N3O2. The monoisotopic (exact) mass is 251 g/mol. The van der Waals surface area contributed by atoms with Crippen LogP contribution in [-0.2, 0) is 0 Å². The van der Waals surface area contributed by atoms with Crippen molar-refractivity contribution in [3.8, 4) is 0 Å². The number of nitrogens with two attached hydrogens (primary N) is 1. The largest absolute Gasteiger partial charge is 0.478 e. The highest BCUT2D eigenvalue weighted by Crippen LogP contribution is 2.27. The third-order valence-electron chi connectivity index (χ3n) is 3.58. The van der Waals surface area contributed by atoms with Gasteiger partial charge in [-0.15, -0.1) is 0 Å². The minimum Gasteiger partial charge on any atom is -0.478 e. The van der Waals surface area contributed by atoms with E-state index in [1.165, 1.54) is 12.3 Å². The van der Waals surface area contributed by atoms with Gasteiger partial charge in [-0.2, -0.15) is 0 Å². The summed E-state index contributed by atoms with van der Waals surface area (Å²) in [6.45, 7) is 6.34. The van der Waals surface area contributed by atoms with Gasteiger partial charge in [-0.1, -0.05) is 20.8 Å². The van der Waals surface area contributed by atoms with E-state index in [1.54, 1.807) is 0 Å². The Morgan fingerprint density at radius 3 is 2.33 bits per heavy atom. The lowest BCUT2D eigenvalue weighted by Crippen LogP contribution is -2.36. The van der Waals surface area contributed by atoms with Crippen LogP contribution in [0.25, 0.3) is 0 Å². The van der Waals surface area contributed by atoms with Crippen LogP contribution in [0.2, 0.25) is 0 Å². The van der Waals surface area contributed by atoms with Crippen LogP contribution >= 0.6 is 0 Å². The Hall–Kier alpha value is -1.78. The zero-order valence-electron chi connectivity index (χ0n) is 11.2. The summed E-state index contributed by atoms with van der Waals surface area (Å²) in [5, 5.41) is 12.2. The number of nitrogen functional groups attached to an aromatic ring is 1. The molecule has 0 bridgehead atoms. The molecule has 0 unspecified atom stereocenters. The van der Waals surface area contributed by atoms with Gasteiger partial charge in [0.25, 0.3) is 0 Å². The fourth-order valence-electron chi connectivity index (χ4n) is 1.97. The molecule has 1 rings (SSSR count). The van der Waals surface area contributed by atoms with Gasteiger partial charge >= 0.3 is 5.97 Å². The Kier molecular flexibility index (Phi) is 4.53. The number of carboxylic acid groups (broad SMARTS) is 1. The molecule has 1 heterocycles. The lowest BCUT2D eigenvalue weighted by Gasteiger charge is -2.32. The smallest absolute Gasteiger partial charge is 0.337 e. The molecule has 18 heavy (non-hydrogen) atoms. The van der Waals surface area contributed by atoms with Crippen molar-refractivity contribution < 1.29 is 9.90 Å². The Morgan fingerprint density at radius 2 is 1.94 bits per heavy atom. The molecular weight excluding hydrogens is 230 g/mol. The van der Waals surface area contributed by atoms with E-state index in [9.17, 15) is 4.79 Å². The molecule has 0 amide bonds. The van der Waals surface area contributed by atoms with Gasteiger partial charge in [0, 0.05) is 11.7 Å². The van der Waals surface area contributed by atoms with E-state index in [1.807, 2.05) is 0 Å². The van der Waals surface area contributed by atoms with Gasteiger partial charge in [-0.25, -0.2) is 9.78 Å². The molecule has 4 N–H and O–H groups in total. The van der Waals surface area contributed by atoms with E-state index < -0.39 is 5.97 Å². The van der Waals surface area contributed by atoms with Crippen molar-refractivity contribution in [1.82, 2.24) is 4.98 Å². The van der Waals surface area contributed by atoms with Crippen molar-refractivity contribution >= 4 is 17.5 Å². The van der Waals surface area contributed by atoms with Crippen LogP contribution in [0, 0.1) is 0 Å². The van der Waals surface area contributed by atoms with Gasteiger partial charge in [-0.3, -0.25) is 0 Å². The first-order chi connectivity index (χ1) is 8.48. The highest BCUT2D eigenvalue weighted by molar-refractivity contribution is 5.89. The summed E-state index contributed by atoms with van der Waals surface area (Å²) in [5.41, 5.74) is 6.28. The highest BCUT2D eigenvalue weighted by Gasteiger charge is 2.24. The second-order valence-corrected chi connectivity index (χ2v) is 4.43. The molecule has 0 radical (unpaired) electrons. The van der Waals surface area contributed by atoms with E-state index in [2.05, 4.69) is 31.1 Å². The third-order valence-corrected chi connectivity index (χ3v) is 3.58. The van der Waals surface area contributed by atoms with E-state index in [0.717, 1.165) is 19.3 Å². The van der Waals surface area contributed by atoms with Crippen molar-refractivity contribution in [3.05, 3.63) is 17.8 Å². The van der Waals surface area contributed by atoms with Crippen LogP contribution in [0.5, 0.6) is 0 Å². The Labute approximate surface area is 107 Å². The molecule has 1 aromatic heterocycles. The minimum atomic E-state index is -1.02. The van der Waals surface area contributed by atoms with Crippen LogP contribution in [-0.4, -0.2) is 21.6 Å². The molecule has 0 aliphatic carbocycles. The van der Waals surface area contributed by atoms with Crippen LogP contribution in [0.15, 0.2) is 12.3 Å². The number of aromatic nitrogens is 1. The van der Waals surface area contributed by atoms with E-state index in [-0.39, 0.29) is 11.1 Å². The van der Waals surface area contributed by atoms with Crippen LogP contribution in [0.3, 0.4) is 0 Å². The average Bonchev–Trinajstić information content (AvgIpc) is 2.38. The minimum absolute atomic E-state index is 0.0359. The second-order valence-electron chi connectivity index (χ2n) is 4.43. The Bertz CT molecular complexity index is 420. The summed E-state index contributed by atoms with van der Waals surface area (Å²) < 4.78 is 0. The molecule has 0 atom stereocenters. The molecule has 100 valence electrons. The fourth-order valence-corrected chi connectivity index (χ4v) is 1.97. The summed E-state index contributed by atoms with van der Waals surface area (Å²) in [7, 11) is 0. The van der Waals surface area contributed by atoms with Crippen LogP contribution in [0.4, 0.5) is 11.5 Å². The zero-order chi connectivity index (χ0) is 13.8. The maximum Gasteiger partial charge on any atom is 0.337 e. The number of carbonyl (C=O) groups is 1. The van der Waals surface area contributed by atoms with E-state index in [0.29, 0.717) is 11.5 Å². The number of aromatic carboxylic acids is 1. The molecule has 0 saturated heterocycles. The summed E-state index contributed by atoms with van der Waals surface area (Å²) >= 11 is 0. The van der Waals surface area contributed by atoms with Gasteiger partial charge < -0.3 is 16.2 Å². The van der Waals surface area contributed by atoms with Crippen molar-refractivity contribution in [2.45, 2.75) is 45.6 Å². The molecule has 5 heteroatoms. The maximum atomic E-state index is 10.8. The predicted octanol–water partition coefficient (Wildman–Crippen LogP) is 2.74. The molecule has 0 saturated carbocycles. The lowest BCUT2D eigenvalue weighted by atomic mass is 9.90. The maximum absolute atomic E-state index is 10.8. The SMILES string of the molecule is CCC(CC)(CC)Nc1ncc(C(=O)O)cc1N. The number of carboxylic acids is 1. The van der Waals surface area contributed by atoms with Crippen molar-refractivity contribution in [2.24, 2.45) is 0 Å². The lowest BCUT2D eigenvalue weighted by molar-refractivity contribution is 0.0696. The van der Waals surface area contributed by atoms with Gasteiger partial charge in [0.1, 0.15) is 5.82 Å².